The molecule has 96 valence electrons. The lowest BCUT2D eigenvalue weighted by Gasteiger charge is -2.23. The fraction of sp³-hybridized carbons (Fsp3) is 0.600. The molecule has 2 unspecified atom stereocenters. The predicted molar refractivity (Wildman–Crippen MR) is 75.1 cm³/mol. The van der Waals surface area contributed by atoms with Crippen molar-refractivity contribution < 1.29 is 0 Å². The molecular weight excluding hydrogens is 208 g/mol. The number of benzene rings is 1. The van der Waals surface area contributed by atoms with Gasteiger partial charge in [0.1, 0.15) is 0 Å². The summed E-state index contributed by atoms with van der Waals surface area (Å²) in [6, 6.07) is 6.77. The Balaban J connectivity index is 3.06. The van der Waals surface area contributed by atoms with Crippen molar-refractivity contribution in [3.63, 3.8) is 0 Å². The lowest BCUT2D eigenvalue weighted by atomic mass is 9.84. The summed E-state index contributed by atoms with van der Waals surface area (Å²) in [6.07, 6.45) is 0.828. The van der Waals surface area contributed by atoms with Crippen LogP contribution in [0.3, 0.4) is 0 Å². The molecule has 1 aromatic rings. The molecule has 0 fully saturated rings. The molecular formula is C15H26N2. The van der Waals surface area contributed by atoms with Gasteiger partial charge in [-0.2, -0.15) is 0 Å². The molecule has 0 heterocycles. The van der Waals surface area contributed by atoms with Crippen molar-refractivity contribution in [2.75, 3.05) is 0 Å². The molecule has 0 saturated heterocycles. The second-order valence-electron chi connectivity index (χ2n) is 6.14. The summed E-state index contributed by atoms with van der Waals surface area (Å²) in [5.74, 6) is 0. The van der Waals surface area contributed by atoms with Crippen molar-refractivity contribution in [2.45, 2.75) is 58.5 Å². The van der Waals surface area contributed by atoms with E-state index in [0.717, 1.165) is 6.42 Å². The van der Waals surface area contributed by atoms with Crippen LogP contribution in [0.25, 0.3) is 0 Å². The van der Waals surface area contributed by atoms with Crippen molar-refractivity contribution >= 4 is 0 Å². The Bertz CT molecular complexity index is 375. The van der Waals surface area contributed by atoms with Crippen LogP contribution in [-0.2, 0) is 5.41 Å². The van der Waals surface area contributed by atoms with Crippen molar-refractivity contribution in [1.82, 2.24) is 0 Å². The predicted octanol–water partition coefficient (Wildman–Crippen LogP) is 3.03. The monoisotopic (exact) mass is 234 g/mol. The van der Waals surface area contributed by atoms with Gasteiger partial charge in [0.05, 0.1) is 0 Å². The minimum atomic E-state index is 0.0392. The van der Waals surface area contributed by atoms with E-state index in [1.165, 1.54) is 16.7 Å². The molecule has 0 amide bonds. The highest BCUT2D eigenvalue weighted by atomic mass is 14.7. The van der Waals surface area contributed by atoms with Crippen LogP contribution in [0.4, 0.5) is 0 Å². The van der Waals surface area contributed by atoms with E-state index in [9.17, 15) is 0 Å². The first kappa shape index (κ1) is 14.2. The Labute approximate surface area is 105 Å². The number of aryl methyl sites for hydroxylation is 1. The van der Waals surface area contributed by atoms with Crippen LogP contribution < -0.4 is 11.5 Å². The molecule has 0 aliphatic heterocycles. The van der Waals surface area contributed by atoms with Crippen LogP contribution in [0.15, 0.2) is 18.2 Å². The van der Waals surface area contributed by atoms with E-state index in [1.54, 1.807) is 0 Å². The normalized spacial score (nSPS) is 15.7. The molecule has 0 saturated carbocycles. The molecule has 17 heavy (non-hydrogen) atoms. The average Bonchev–Trinajstić information content (AvgIpc) is 2.15. The Kier molecular flexibility index (Phi) is 4.34. The van der Waals surface area contributed by atoms with Gasteiger partial charge in [0.2, 0.25) is 0 Å². The average molecular weight is 234 g/mol. The first-order chi connectivity index (χ1) is 7.71. The van der Waals surface area contributed by atoms with Gasteiger partial charge < -0.3 is 11.5 Å². The first-order valence-electron chi connectivity index (χ1n) is 6.34. The molecule has 2 nitrogen and oxygen atoms in total. The lowest BCUT2D eigenvalue weighted by Crippen LogP contribution is -2.24. The Morgan fingerprint density at radius 2 is 1.76 bits per heavy atom. The second-order valence-corrected chi connectivity index (χ2v) is 6.14. The number of rotatable bonds is 3. The van der Waals surface area contributed by atoms with E-state index in [-0.39, 0.29) is 17.5 Å². The quantitative estimate of drug-likeness (QED) is 0.844. The fourth-order valence-corrected chi connectivity index (χ4v) is 2.03. The van der Waals surface area contributed by atoms with Gasteiger partial charge in [0, 0.05) is 12.1 Å². The maximum absolute atomic E-state index is 6.23. The van der Waals surface area contributed by atoms with Crippen LogP contribution >= 0.6 is 0 Å². The maximum Gasteiger partial charge on any atom is 0.0312 e. The summed E-state index contributed by atoms with van der Waals surface area (Å²) >= 11 is 0. The summed E-state index contributed by atoms with van der Waals surface area (Å²) < 4.78 is 0. The summed E-state index contributed by atoms with van der Waals surface area (Å²) in [5, 5.41) is 0. The van der Waals surface area contributed by atoms with Crippen LogP contribution in [0.5, 0.6) is 0 Å². The third-order valence-electron chi connectivity index (χ3n) is 3.17. The van der Waals surface area contributed by atoms with Gasteiger partial charge >= 0.3 is 0 Å². The summed E-state index contributed by atoms with van der Waals surface area (Å²) in [5.41, 5.74) is 16.0. The van der Waals surface area contributed by atoms with Gasteiger partial charge in [0.25, 0.3) is 0 Å². The second kappa shape index (κ2) is 5.19. The van der Waals surface area contributed by atoms with E-state index in [2.05, 4.69) is 45.9 Å². The summed E-state index contributed by atoms with van der Waals surface area (Å²) in [7, 11) is 0. The zero-order valence-corrected chi connectivity index (χ0v) is 11.7. The van der Waals surface area contributed by atoms with Crippen molar-refractivity contribution in [3.8, 4) is 0 Å². The SMILES string of the molecule is Cc1ccc(C(C)(C)C)cc1C(N)CC(C)N. The molecule has 4 N–H and O–H groups in total. The van der Waals surface area contributed by atoms with Gasteiger partial charge in [-0.3, -0.25) is 0 Å². The zero-order chi connectivity index (χ0) is 13.2. The summed E-state index contributed by atoms with van der Waals surface area (Å²) in [6.45, 7) is 10.8. The van der Waals surface area contributed by atoms with Crippen LogP contribution in [-0.4, -0.2) is 6.04 Å². The van der Waals surface area contributed by atoms with Crippen LogP contribution in [0.1, 0.15) is 56.8 Å². The van der Waals surface area contributed by atoms with Gasteiger partial charge in [-0.05, 0) is 42.4 Å². The first-order valence-corrected chi connectivity index (χ1v) is 6.34. The van der Waals surface area contributed by atoms with E-state index in [4.69, 9.17) is 11.5 Å². The Hall–Kier alpha value is -0.860. The Morgan fingerprint density at radius 3 is 2.24 bits per heavy atom. The van der Waals surface area contributed by atoms with E-state index >= 15 is 0 Å². The fourth-order valence-electron chi connectivity index (χ4n) is 2.03. The van der Waals surface area contributed by atoms with E-state index in [1.807, 2.05) is 6.92 Å². The number of nitrogens with two attached hydrogens (primary N) is 2. The maximum atomic E-state index is 6.23. The molecule has 0 aromatic heterocycles. The number of hydrogen-bond donors (Lipinski definition) is 2. The zero-order valence-electron chi connectivity index (χ0n) is 11.7. The minimum absolute atomic E-state index is 0.0392. The van der Waals surface area contributed by atoms with Gasteiger partial charge in [-0.25, -0.2) is 0 Å². The highest BCUT2D eigenvalue weighted by molar-refractivity contribution is 5.36. The largest absolute Gasteiger partial charge is 0.328 e. The third kappa shape index (κ3) is 3.83. The molecule has 2 heteroatoms. The number of hydrogen-bond acceptors (Lipinski definition) is 2. The van der Waals surface area contributed by atoms with E-state index < -0.39 is 0 Å². The van der Waals surface area contributed by atoms with Crippen LogP contribution in [0.2, 0.25) is 0 Å². The van der Waals surface area contributed by atoms with Gasteiger partial charge in [0.15, 0.2) is 0 Å². The molecule has 2 atom stereocenters. The molecule has 1 aromatic carbocycles. The molecule has 0 aliphatic rings. The van der Waals surface area contributed by atoms with Crippen molar-refractivity contribution in [2.24, 2.45) is 11.5 Å². The standard InChI is InChI=1S/C15H26N2/c1-10-6-7-12(15(3,4)5)9-13(10)14(17)8-11(2)16/h6-7,9,11,14H,8,16-17H2,1-5H3. The van der Waals surface area contributed by atoms with Crippen molar-refractivity contribution in [3.05, 3.63) is 34.9 Å². The lowest BCUT2D eigenvalue weighted by molar-refractivity contribution is 0.558. The molecule has 0 bridgehead atoms. The molecule has 0 spiro atoms. The van der Waals surface area contributed by atoms with Crippen molar-refractivity contribution in [1.29, 1.82) is 0 Å². The smallest absolute Gasteiger partial charge is 0.0312 e. The highest BCUT2D eigenvalue weighted by Crippen LogP contribution is 2.27. The molecule has 0 radical (unpaired) electrons. The van der Waals surface area contributed by atoms with Gasteiger partial charge in [-0.1, -0.05) is 39.0 Å². The topological polar surface area (TPSA) is 52.0 Å². The third-order valence-corrected chi connectivity index (χ3v) is 3.17. The minimum Gasteiger partial charge on any atom is -0.328 e. The molecule has 1 rings (SSSR count). The van der Waals surface area contributed by atoms with Gasteiger partial charge in [-0.15, -0.1) is 0 Å². The van der Waals surface area contributed by atoms with Crippen LogP contribution in [0, 0.1) is 6.92 Å². The highest BCUT2D eigenvalue weighted by Gasteiger charge is 2.17. The Morgan fingerprint density at radius 1 is 1.18 bits per heavy atom. The summed E-state index contributed by atoms with van der Waals surface area (Å²) in [4.78, 5) is 0. The van der Waals surface area contributed by atoms with E-state index in [0.29, 0.717) is 0 Å². The molecule has 0 aliphatic carbocycles.